The van der Waals surface area contributed by atoms with E-state index in [1.807, 2.05) is 53.8 Å². The van der Waals surface area contributed by atoms with E-state index in [2.05, 4.69) is 12.2 Å². The summed E-state index contributed by atoms with van der Waals surface area (Å²) in [6, 6.07) is 15.8. The largest absolute Gasteiger partial charge is 0.497 e. The normalized spacial score (nSPS) is 11.8. The van der Waals surface area contributed by atoms with Crippen LogP contribution in [-0.4, -0.2) is 26.1 Å². The molecule has 0 unspecified atom stereocenters. The van der Waals surface area contributed by atoms with Gasteiger partial charge in [0.2, 0.25) is 0 Å². The van der Waals surface area contributed by atoms with E-state index in [4.69, 9.17) is 16.3 Å². The van der Waals surface area contributed by atoms with Crippen molar-refractivity contribution < 1.29 is 14.8 Å². The number of hydrogen-bond acceptors (Lipinski definition) is 2. The van der Waals surface area contributed by atoms with E-state index >= 15 is 0 Å². The second-order valence-electron chi connectivity index (χ2n) is 5.73. The van der Waals surface area contributed by atoms with Gasteiger partial charge in [-0.05, 0) is 43.2 Å². The van der Waals surface area contributed by atoms with E-state index in [1.54, 1.807) is 7.11 Å². The fourth-order valence-corrected chi connectivity index (χ4v) is 2.52. The Morgan fingerprint density at radius 2 is 1.83 bits per heavy atom. The summed E-state index contributed by atoms with van der Waals surface area (Å²) in [4.78, 5) is 11.9. The Morgan fingerprint density at radius 3 is 2.46 bits per heavy atom. The van der Waals surface area contributed by atoms with E-state index in [1.165, 1.54) is 5.56 Å². The number of ether oxygens (including phenoxy) is 1. The maximum atomic E-state index is 11.9. The number of methoxy groups -OCH3 is 1. The van der Waals surface area contributed by atoms with Crippen LogP contribution in [0.2, 0.25) is 5.02 Å². The minimum absolute atomic E-state index is 0.0457. The zero-order valence-electron chi connectivity index (χ0n) is 14.1. The fraction of sp³-hybridized carbons (Fsp3) is 0.316. The van der Waals surface area contributed by atoms with E-state index in [9.17, 15) is 4.79 Å². The van der Waals surface area contributed by atoms with E-state index < -0.39 is 0 Å². The third-order valence-corrected chi connectivity index (χ3v) is 4.20. The molecule has 24 heavy (non-hydrogen) atoms. The summed E-state index contributed by atoms with van der Waals surface area (Å²) in [5.41, 5.74) is 2.33. The average Bonchev–Trinajstić information content (AvgIpc) is 2.61. The van der Waals surface area contributed by atoms with Crippen molar-refractivity contribution >= 4 is 17.5 Å². The number of carbonyl (C=O) groups excluding carboxylic acids is 1. The van der Waals surface area contributed by atoms with Crippen LogP contribution in [0.5, 0.6) is 5.75 Å². The average molecular weight is 348 g/mol. The van der Waals surface area contributed by atoms with Crippen molar-refractivity contribution in [2.75, 3.05) is 20.2 Å². The molecule has 128 valence electrons. The van der Waals surface area contributed by atoms with Gasteiger partial charge in [0, 0.05) is 17.1 Å². The molecule has 4 nitrogen and oxygen atoms in total. The van der Waals surface area contributed by atoms with Crippen LogP contribution >= 0.6 is 11.6 Å². The van der Waals surface area contributed by atoms with Gasteiger partial charge in [-0.15, -0.1) is 0 Å². The number of nitrogens with two attached hydrogens (primary N) is 1. The molecule has 2 aromatic carbocycles. The maximum absolute atomic E-state index is 11.9. The second-order valence-corrected chi connectivity index (χ2v) is 6.16. The van der Waals surface area contributed by atoms with E-state index in [-0.39, 0.29) is 11.9 Å². The second kappa shape index (κ2) is 9.30. The number of amides is 1. The number of nitrogens with one attached hydrogen (secondary N) is 1. The fourth-order valence-electron chi connectivity index (χ4n) is 2.40. The highest BCUT2D eigenvalue weighted by Gasteiger charge is 2.11. The van der Waals surface area contributed by atoms with Gasteiger partial charge < -0.3 is 15.4 Å². The minimum Gasteiger partial charge on any atom is -0.497 e. The van der Waals surface area contributed by atoms with Crippen LogP contribution in [0.3, 0.4) is 0 Å². The molecule has 0 heterocycles. The lowest BCUT2D eigenvalue weighted by Crippen LogP contribution is -2.87. The molecule has 2 rings (SSSR count). The highest BCUT2D eigenvalue weighted by Crippen LogP contribution is 2.13. The molecule has 0 bridgehead atoms. The number of carbonyl (C=O) groups is 1. The van der Waals surface area contributed by atoms with Gasteiger partial charge in [-0.1, -0.05) is 35.9 Å². The highest BCUT2D eigenvalue weighted by molar-refractivity contribution is 6.30. The first kappa shape index (κ1) is 18.3. The van der Waals surface area contributed by atoms with Crippen molar-refractivity contribution in [3.63, 3.8) is 0 Å². The molecule has 2 aromatic rings. The van der Waals surface area contributed by atoms with Crippen LogP contribution in [0.25, 0.3) is 0 Å². The lowest BCUT2D eigenvalue weighted by molar-refractivity contribution is -0.682. The molecule has 0 saturated heterocycles. The van der Waals surface area contributed by atoms with Gasteiger partial charge >= 0.3 is 0 Å². The van der Waals surface area contributed by atoms with Crippen LogP contribution in [0.15, 0.2) is 48.5 Å². The van der Waals surface area contributed by atoms with Gasteiger partial charge in [0.1, 0.15) is 11.8 Å². The summed E-state index contributed by atoms with van der Waals surface area (Å²) in [7, 11) is 1.65. The van der Waals surface area contributed by atoms with Crippen LogP contribution in [0.1, 0.15) is 24.1 Å². The minimum atomic E-state index is 0.0457. The molecule has 1 atom stereocenters. The predicted molar refractivity (Wildman–Crippen MR) is 96.4 cm³/mol. The highest BCUT2D eigenvalue weighted by atomic mass is 35.5. The molecular formula is C19H24ClN2O2+. The summed E-state index contributed by atoms with van der Waals surface area (Å²) < 4.78 is 5.13. The molecule has 1 amide bonds. The van der Waals surface area contributed by atoms with Crippen molar-refractivity contribution in [2.24, 2.45) is 0 Å². The molecule has 3 N–H and O–H groups in total. The first-order chi connectivity index (χ1) is 11.6. The Morgan fingerprint density at radius 1 is 1.17 bits per heavy atom. The summed E-state index contributed by atoms with van der Waals surface area (Å²) in [6.07, 6.45) is 0.808. The molecule has 0 aliphatic carbocycles. The van der Waals surface area contributed by atoms with E-state index in [0.29, 0.717) is 13.1 Å². The van der Waals surface area contributed by atoms with Crippen molar-refractivity contribution in [1.29, 1.82) is 0 Å². The summed E-state index contributed by atoms with van der Waals surface area (Å²) in [6.45, 7) is 3.12. The lowest BCUT2D eigenvalue weighted by atomic mass is 10.1. The first-order valence-electron chi connectivity index (χ1n) is 8.07. The van der Waals surface area contributed by atoms with Gasteiger partial charge in [-0.25, -0.2) is 0 Å². The topological polar surface area (TPSA) is 54.9 Å². The molecule has 0 radical (unpaired) electrons. The zero-order chi connectivity index (χ0) is 17.4. The van der Waals surface area contributed by atoms with E-state index in [0.717, 1.165) is 22.8 Å². The van der Waals surface area contributed by atoms with Crippen molar-refractivity contribution in [3.05, 3.63) is 64.7 Å². The van der Waals surface area contributed by atoms with Gasteiger partial charge in [-0.2, -0.15) is 0 Å². The molecule has 0 aliphatic rings. The molecule has 5 heteroatoms. The molecule has 0 aliphatic heterocycles. The van der Waals surface area contributed by atoms with Gasteiger partial charge in [0.15, 0.2) is 6.54 Å². The van der Waals surface area contributed by atoms with Crippen LogP contribution in [0, 0.1) is 0 Å². The van der Waals surface area contributed by atoms with Crippen LogP contribution in [-0.2, 0) is 11.2 Å². The van der Waals surface area contributed by atoms with Crippen molar-refractivity contribution in [2.45, 2.75) is 19.4 Å². The summed E-state index contributed by atoms with van der Waals surface area (Å²) in [5.74, 6) is 0.887. The standard InChI is InChI=1S/C19H23ClN2O2/c1-14(16-5-7-17(20)8-6-16)22-13-19(23)21-12-11-15-3-9-18(24-2)10-4-15/h3-10,14,22H,11-13H2,1-2H3,(H,21,23)/p+1/t14-/m1/s1. The SMILES string of the molecule is COc1ccc(CCNC(=O)C[NH2+][C@H](C)c2ccc(Cl)cc2)cc1. The summed E-state index contributed by atoms with van der Waals surface area (Å²) >= 11 is 5.89. The Kier molecular flexibility index (Phi) is 7.09. The molecular weight excluding hydrogens is 324 g/mol. The summed E-state index contributed by atoms with van der Waals surface area (Å²) in [5, 5.41) is 5.70. The Balaban J connectivity index is 1.68. The Bertz CT molecular complexity index is 641. The number of benzene rings is 2. The monoisotopic (exact) mass is 347 g/mol. The van der Waals surface area contributed by atoms with Crippen molar-refractivity contribution in [3.8, 4) is 5.75 Å². The van der Waals surface area contributed by atoms with Crippen LogP contribution < -0.4 is 15.4 Å². The molecule has 0 aromatic heterocycles. The molecule has 0 spiro atoms. The predicted octanol–water partition coefficient (Wildman–Crippen LogP) is 2.33. The number of quaternary nitrogens is 1. The van der Waals surface area contributed by atoms with Gasteiger partial charge in [0.25, 0.3) is 5.91 Å². The molecule has 0 fully saturated rings. The first-order valence-corrected chi connectivity index (χ1v) is 8.44. The third kappa shape index (κ3) is 5.87. The van der Waals surface area contributed by atoms with Gasteiger partial charge in [-0.3, -0.25) is 4.79 Å². The van der Waals surface area contributed by atoms with Crippen LogP contribution in [0.4, 0.5) is 0 Å². The Hall–Kier alpha value is -2.04. The number of rotatable bonds is 8. The number of halogens is 1. The van der Waals surface area contributed by atoms with Crippen molar-refractivity contribution in [1.82, 2.24) is 5.32 Å². The number of hydrogen-bond donors (Lipinski definition) is 2. The quantitative estimate of drug-likeness (QED) is 0.770. The van der Waals surface area contributed by atoms with Gasteiger partial charge in [0.05, 0.1) is 7.11 Å². The zero-order valence-corrected chi connectivity index (χ0v) is 14.8. The Labute approximate surface area is 148 Å². The lowest BCUT2D eigenvalue weighted by Gasteiger charge is -2.11. The maximum Gasteiger partial charge on any atom is 0.275 e. The molecule has 0 saturated carbocycles. The third-order valence-electron chi connectivity index (χ3n) is 3.95. The smallest absolute Gasteiger partial charge is 0.275 e.